The van der Waals surface area contributed by atoms with Gasteiger partial charge in [-0.3, -0.25) is 9.78 Å². The minimum Gasteiger partial charge on any atom is -0.489 e. The quantitative estimate of drug-likeness (QED) is 0.668. The molecule has 148 valence electrons. The maximum Gasteiger partial charge on any atom is 0.254 e. The molecular weight excluding hydrogens is 371 g/mol. The molecule has 0 N–H and O–H groups in total. The summed E-state index contributed by atoms with van der Waals surface area (Å²) in [5.41, 5.74) is 1.46. The van der Waals surface area contributed by atoms with Gasteiger partial charge in [-0.1, -0.05) is 18.2 Å². The Hall–Kier alpha value is -3.48. The minimum absolute atomic E-state index is 0.0176. The highest BCUT2D eigenvalue weighted by Gasteiger charge is 2.23. The van der Waals surface area contributed by atoms with Crippen molar-refractivity contribution in [1.82, 2.24) is 14.9 Å². The first-order valence-electron chi connectivity index (χ1n) is 9.46. The van der Waals surface area contributed by atoms with Gasteiger partial charge >= 0.3 is 0 Å². The average Bonchev–Trinajstić information content (AvgIpc) is 2.79. The predicted octanol–water partition coefficient (Wildman–Crippen LogP) is 3.16. The molecule has 7 heteroatoms. The van der Waals surface area contributed by atoms with E-state index in [0.717, 1.165) is 11.4 Å². The minimum atomic E-state index is -0.277. The monoisotopic (exact) mass is 392 g/mol. The van der Waals surface area contributed by atoms with Crippen molar-refractivity contribution < 1.29 is 13.9 Å². The fourth-order valence-corrected chi connectivity index (χ4v) is 3.24. The number of rotatable bonds is 5. The van der Waals surface area contributed by atoms with Crippen molar-refractivity contribution in [2.75, 3.05) is 31.1 Å². The predicted molar refractivity (Wildman–Crippen MR) is 107 cm³/mol. The van der Waals surface area contributed by atoms with Crippen LogP contribution >= 0.6 is 0 Å². The number of aromatic nitrogens is 2. The highest BCUT2D eigenvalue weighted by Crippen LogP contribution is 2.19. The molecule has 1 aliphatic heterocycles. The average molecular weight is 392 g/mol. The van der Waals surface area contributed by atoms with Crippen LogP contribution < -0.4 is 9.64 Å². The van der Waals surface area contributed by atoms with Crippen molar-refractivity contribution in [2.24, 2.45) is 0 Å². The SMILES string of the molecule is O=C(c1cccc(OCc2ccc(F)cc2)c1)N1CCN(c2cnccn2)CC1. The summed E-state index contributed by atoms with van der Waals surface area (Å²) in [4.78, 5) is 25.3. The molecule has 1 saturated heterocycles. The van der Waals surface area contributed by atoms with E-state index in [0.29, 0.717) is 44.1 Å². The van der Waals surface area contributed by atoms with Crippen LogP contribution in [0.2, 0.25) is 0 Å². The van der Waals surface area contributed by atoms with Crippen LogP contribution in [-0.4, -0.2) is 47.0 Å². The zero-order chi connectivity index (χ0) is 20.1. The van der Waals surface area contributed by atoms with E-state index in [1.165, 1.54) is 12.1 Å². The molecule has 29 heavy (non-hydrogen) atoms. The number of hydrogen-bond acceptors (Lipinski definition) is 5. The van der Waals surface area contributed by atoms with E-state index in [4.69, 9.17) is 4.74 Å². The van der Waals surface area contributed by atoms with E-state index in [9.17, 15) is 9.18 Å². The fraction of sp³-hybridized carbons (Fsp3) is 0.227. The lowest BCUT2D eigenvalue weighted by atomic mass is 10.1. The summed E-state index contributed by atoms with van der Waals surface area (Å²) in [5.74, 6) is 1.14. The Morgan fingerprint density at radius 1 is 1.03 bits per heavy atom. The second-order valence-electron chi connectivity index (χ2n) is 6.79. The van der Waals surface area contributed by atoms with Crippen LogP contribution in [-0.2, 0) is 6.61 Å². The van der Waals surface area contributed by atoms with Crippen molar-refractivity contribution >= 4 is 11.7 Å². The maximum absolute atomic E-state index is 13.0. The Bertz CT molecular complexity index is 958. The number of halogens is 1. The van der Waals surface area contributed by atoms with E-state index < -0.39 is 0 Å². The molecular formula is C22H21FN4O2. The summed E-state index contributed by atoms with van der Waals surface area (Å²) in [6, 6.07) is 13.3. The number of carbonyl (C=O) groups excluding carboxylic acids is 1. The first-order chi connectivity index (χ1) is 14.2. The van der Waals surface area contributed by atoms with E-state index in [-0.39, 0.29) is 11.7 Å². The number of amides is 1. The summed E-state index contributed by atoms with van der Waals surface area (Å²) >= 11 is 0. The third-order valence-corrected chi connectivity index (χ3v) is 4.84. The molecule has 1 aliphatic rings. The third kappa shape index (κ3) is 4.68. The molecule has 4 rings (SSSR count). The summed E-state index contributed by atoms with van der Waals surface area (Å²) < 4.78 is 18.8. The summed E-state index contributed by atoms with van der Waals surface area (Å²) in [7, 11) is 0. The molecule has 3 aromatic rings. The Balaban J connectivity index is 1.35. The Morgan fingerprint density at radius 3 is 2.55 bits per heavy atom. The van der Waals surface area contributed by atoms with E-state index in [2.05, 4.69) is 14.9 Å². The zero-order valence-corrected chi connectivity index (χ0v) is 15.9. The summed E-state index contributed by atoms with van der Waals surface area (Å²) in [5, 5.41) is 0. The molecule has 0 radical (unpaired) electrons. The van der Waals surface area contributed by atoms with Gasteiger partial charge in [0.05, 0.1) is 6.20 Å². The third-order valence-electron chi connectivity index (χ3n) is 4.84. The second kappa shape index (κ2) is 8.68. The number of hydrogen-bond donors (Lipinski definition) is 0. The molecule has 0 spiro atoms. The van der Waals surface area contributed by atoms with E-state index in [1.54, 1.807) is 42.9 Å². The molecule has 0 atom stereocenters. The molecule has 2 heterocycles. The van der Waals surface area contributed by atoms with Crippen molar-refractivity contribution in [2.45, 2.75) is 6.61 Å². The molecule has 0 unspecified atom stereocenters. The Kier molecular flexibility index (Phi) is 5.65. The van der Waals surface area contributed by atoms with Gasteiger partial charge in [0.15, 0.2) is 0 Å². The number of piperazine rings is 1. The van der Waals surface area contributed by atoms with Gasteiger partial charge in [0.25, 0.3) is 5.91 Å². The zero-order valence-electron chi connectivity index (χ0n) is 15.9. The number of nitrogens with zero attached hydrogens (tertiary/aromatic N) is 4. The van der Waals surface area contributed by atoms with Crippen LogP contribution in [0.5, 0.6) is 5.75 Å². The van der Waals surface area contributed by atoms with Crippen LogP contribution in [0.15, 0.2) is 67.1 Å². The van der Waals surface area contributed by atoms with E-state index >= 15 is 0 Å². The van der Waals surface area contributed by atoms with Gasteiger partial charge in [-0.05, 0) is 35.9 Å². The maximum atomic E-state index is 13.0. The lowest BCUT2D eigenvalue weighted by Crippen LogP contribution is -2.49. The smallest absolute Gasteiger partial charge is 0.254 e. The van der Waals surface area contributed by atoms with Crippen LogP contribution in [0.1, 0.15) is 15.9 Å². The highest BCUT2D eigenvalue weighted by atomic mass is 19.1. The van der Waals surface area contributed by atoms with Crippen molar-refractivity contribution in [3.8, 4) is 5.75 Å². The summed E-state index contributed by atoms with van der Waals surface area (Å²) in [6.07, 6.45) is 5.05. The first-order valence-corrected chi connectivity index (χ1v) is 9.46. The summed E-state index contributed by atoms with van der Waals surface area (Å²) in [6.45, 7) is 2.98. The normalized spacial score (nSPS) is 14.0. The fourth-order valence-electron chi connectivity index (χ4n) is 3.24. The largest absolute Gasteiger partial charge is 0.489 e. The molecule has 2 aromatic carbocycles. The van der Waals surface area contributed by atoms with Gasteiger partial charge in [0, 0.05) is 44.1 Å². The lowest BCUT2D eigenvalue weighted by Gasteiger charge is -2.35. The van der Waals surface area contributed by atoms with Gasteiger partial charge in [-0.2, -0.15) is 0 Å². The first kappa shape index (κ1) is 18.9. The van der Waals surface area contributed by atoms with Crippen molar-refractivity contribution in [3.05, 3.63) is 84.1 Å². The van der Waals surface area contributed by atoms with Crippen molar-refractivity contribution in [3.63, 3.8) is 0 Å². The van der Waals surface area contributed by atoms with Gasteiger partial charge in [-0.15, -0.1) is 0 Å². The lowest BCUT2D eigenvalue weighted by molar-refractivity contribution is 0.0746. The van der Waals surface area contributed by atoms with Gasteiger partial charge in [0.1, 0.15) is 24.0 Å². The number of benzene rings is 2. The van der Waals surface area contributed by atoms with Gasteiger partial charge in [-0.25, -0.2) is 9.37 Å². The molecule has 0 bridgehead atoms. The van der Waals surface area contributed by atoms with Crippen LogP contribution in [0, 0.1) is 5.82 Å². The molecule has 0 saturated carbocycles. The number of anilines is 1. The molecule has 1 fully saturated rings. The molecule has 1 aromatic heterocycles. The standard InChI is InChI=1S/C22H21FN4O2/c23-19-6-4-17(5-7-19)16-29-20-3-1-2-18(14-20)22(28)27-12-10-26(11-13-27)21-15-24-8-9-25-21/h1-9,14-15H,10-13,16H2. The van der Waals surface area contributed by atoms with Crippen LogP contribution in [0.3, 0.4) is 0 Å². The molecule has 0 aliphatic carbocycles. The van der Waals surface area contributed by atoms with E-state index in [1.807, 2.05) is 17.0 Å². The Labute approximate surface area is 168 Å². The molecule has 6 nitrogen and oxygen atoms in total. The second-order valence-corrected chi connectivity index (χ2v) is 6.79. The van der Waals surface area contributed by atoms with Crippen LogP contribution in [0.4, 0.5) is 10.2 Å². The number of carbonyl (C=O) groups is 1. The van der Waals surface area contributed by atoms with Gasteiger partial charge < -0.3 is 14.5 Å². The van der Waals surface area contributed by atoms with Gasteiger partial charge in [0.2, 0.25) is 0 Å². The number of ether oxygens (including phenoxy) is 1. The highest BCUT2D eigenvalue weighted by molar-refractivity contribution is 5.94. The van der Waals surface area contributed by atoms with Crippen molar-refractivity contribution in [1.29, 1.82) is 0 Å². The molecule has 1 amide bonds. The topological polar surface area (TPSA) is 58.6 Å². The Morgan fingerprint density at radius 2 is 1.83 bits per heavy atom. The van der Waals surface area contributed by atoms with Crippen LogP contribution in [0.25, 0.3) is 0 Å².